The second-order valence-electron chi connectivity index (χ2n) is 5.57. The maximum absolute atomic E-state index is 13.1. The molecule has 3 aromatic heterocycles. The zero-order valence-electron chi connectivity index (χ0n) is 13.6. The number of nitrogens with zero attached hydrogens (tertiary/aromatic N) is 4. The zero-order chi connectivity index (χ0) is 17.9. The number of rotatable bonds is 3. The summed E-state index contributed by atoms with van der Waals surface area (Å²) in [4.78, 5) is 21.6. The molecule has 26 heavy (non-hydrogen) atoms. The predicted octanol–water partition coefficient (Wildman–Crippen LogP) is 4.12. The molecule has 0 fully saturated rings. The largest absolute Gasteiger partial charge is 0.279 e. The van der Waals surface area contributed by atoms with Gasteiger partial charge < -0.3 is 0 Å². The van der Waals surface area contributed by atoms with Crippen LogP contribution >= 0.6 is 15.9 Å². The van der Waals surface area contributed by atoms with Crippen molar-refractivity contribution in [3.63, 3.8) is 0 Å². The van der Waals surface area contributed by atoms with Crippen LogP contribution in [0.4, 0.5) is 0 Å². The molecular formula is C20H13BrN4O. The molecule has 0 N–H and O–H groups in total. The maximum atomic E-state index is 13.1. The van der Waals surface area contributed by atoms with Crippen LogP contribution in [-0.2, 0) is 0 Å². The molecule has 0 aliphatic carbocycles. The monoisotopic (exact) mass is 404 g/mol. The van der Waals surface area contributed by atoms with E-state index in [-0.39, 0.29) is 5.56 Å². The van der Waals surface area contributed by atoms with E-state index >= 15 is 0 Å². The summed E-state index contributed by atoms with van der Waals surface area (Å²) in [6.07, 6.45) is 5.05. The lowest BCUT2D eigenvalue weighted by Crippen LogP contribution is -2.23. The Labute approximate surface area is 158 Å². The van der Waals surface area contributed by atoms with Gasteiger partial charge in [0.05, 0.1) is 16.9 Å². The van der Waals surface area contributed by atoms with Crippen molar-refractivity contribution < 1.29 is 0 Å². The van der Waals surface area contributed by atoms with Crippen LogP contribution < -0.4 is 5.56 Å². The Morgan fingerprint density at radius 3 is 2.46 bits per heavy atom. The van der Waals surface area contributed by atoms with Gasteiger partial charge in [-0.2, -0.15) is 9.78 Å². The van der Waals surface area contributed by atoms with E-state index in [1.807, 2.05) is 48.5 Å². The molecule has 0 saturated carbocycles. The van der Waals surface area contributed by atoms with Crippen LogP contribution in [0.2, 0.25) is 0 Å². The molecule has 4 rings (SSSR count). The lowest BCUT2D eigenvalue weighted by Gasteiger charge is -2.11. The molecule has 0 unspecified atom stereocenters. The minimum Gasteiger partial charge on any atom is -0.267 e. The standard InChI is InChI=1S/C20H13BrN4O/c21-16-7-1-2-9-19(16)25-20(26)15(14-6-5-10-22-13-14)12-18(24-25)17-8-3-4-11-23-17/h1-13H. The Balaban J connectivity index is 2.03. The van der Waals surface area contributed by atoms with Crippen LogP contribution in [0.3, 0.4) is 0 Å². The number of pyridine rings is 2. The summed E-state index contributed by atoms with van der Waals surface area (Å²) in [5, 5.41) is 4.55. The number of hydrogen-bond donors (Lipinski definition) is 0. The smallest absolute Gasteiger partial charge is 0.267 e. The molecule has 0 amide bonds. The molecule has 0 saturated heterocycles. The minimum absolute atomic E-state index is 0.218. The first kappa shape index (κ1) is 16.4. The Morgan fingerprint density at radius 2 is 1.73 bits per heavy atom. The second kappa shape index (κ2) is 7.01. The van der Waals surface area contributed by atoms with Crippen molar-refractivity contribution in [2.24, 2.45) is 0 Å². The summed E-state index contributed by atoms with van der Waals surface area (Å²) in [5.74, 6) is 0. The molecule has 0 atom stereocenters. The summed E-state index contributed by atoms with van der Waals surface area (Å²) < 4.78 is 2.18. The predicted molar refractivity (Wildman–Crippen MR) is 104 cm³/mol. The number of hydrogen-bond acceptors (Lipinski definition) is 4. The van der Waals surface area contributed by atoms with Crippen LogP contribution in [0.1, 0.15) is 0 Å². The van der Waals surface area contributed by atoms with E-state index in [0.717, 1.165) is 10.0 Å². The third kappa shape index (κ3) is 3.07. The summed E-state index contributed by atoms with van der Waals surface area (Å²) in [5.41, 5.74) is 3.01. The first-order chi connectivity index (χ1) is 12.7. The van der Waals surface area contributed by atoms with Crippen LogP contribution in [0.25, 0.3) is 28.2 Å². The first-order valence-corrected chi connectivity index (χ1v) is 8.74. The van der Waals surface area contributed by atoms with Crippen molar-refractivity contribution in [1.29, 1.82) is 0 Å². The number of halogens is 1. The normalized spacial score (nSPS) is 10.7. The van der Waals surface area contributed by atoms with Crippen molar-refractivity contribution in [2.75, 3.05) is 0 Å². The molecule has 0 radical (unpaired) electrons. The van der Waals surface area contributed by atoms with Crippen LogP contribution in [0.15, 0.2) is 88.5 Å². The number of benzene rings is 1. The topological polar surface area (TPSA) is 60.7 Å². The third-order valence-electron chi connectivity index (χ3n) is 3.89. The van der Waals surface area contributed by atoms with Crippen molar-refractivity contribution in [3.8, 4) is 28.2 Å². The Hall–Kier alpha value is -3.12. The highest BCUT2D eigenvalue weighted by Gasteiger charge is 2.15. The van der Waals surface area contributed by atoms with E-state index in [4.69, 9.17) is 0 Å². The van der Waals surface area contributed by atoms with Gasteiger partial charge in [0.25, 0.3) is 5.56 Å². The Morgan fingerprint density at radius 1 is 0.885 bits per heavy atom. The van der Waals surface area contributed by atoms with Crippen LogP contribution in [-0.4, -0.2) is 19.7 Å². The van der Waals surface area contributed by atoms with Crippen molar-refractivity contribution in [3.05, 3.63) is 94.1 Å². The highest BCUT2D eigenvalue weighted by atomic mass is 79.9. The van der Waals surface area contributed by atoms with Crippen LogP contribution in [0.5, 0.6) is 0 Å². The fraction of sp³-hybridized carbons (Fsp3) is 0. The summed E-state index contributed by atoms with van der Waals surface area (Å²) in [6, 6.07) is 18.5. The molecule has 126 valence electrons. The molecule has 0 spiro atoms. The second-order valence-corrected chi connectivity index (χ2v) is 6.42. The van der Waals surface area contributed by atoms with Crippen molar-refractivity contribution in [2.45, 2.75) is 0 Å². The maximum Gasteiger partial charge on any atom is 0.279 e. The van der Waals surface area contributed by atoms with E-state index in [9.17, 15) is 4.79 Å². The quantitative estimate of drug-likeness (QED) is 0.515. The van der Waals surface area contributed by atoms with Gasteiger partial charge >= 0.3 is 0 Å². The summed E-state index contributed by atoms with van der Waals surface area (Å²) >= 11 is 3.50. The van der Waals surface area contributed by atoms with E-state index in [0.29, 0.717) is 22.6 Å². The lowest BCUT2D eigenvalue weighted by atomic mass is 10.1. The van der Waals surface area contributed by atoms with Gasteiger partial charge in [0.2, 0.25) is 0 Å². The molecular weight excluding hydrogens is 392 g/mol. The van der Waals surface area contributed by atoms with Gasteiger partial charge in [0.15, 0.2) is 0 Å². The summed E-state index contributed by atoms with van der Waals surface area (Å²) in [7, 11) is 0. The molecule has 6 heteroatoms. The SMILES string of the molecule is O=c1c(-c2cccnc2)cc(-c2ccccn2)nn1-c1ccccc1Br. The van der Waals surface area contributed by atoms with Gasteiger partial charge in [0.1, 0.15) is 5.69 Å². The zero-order valence-corrected chi connectivity index (χ0v) is 15.2. The average molecular weight is 405 g/mol. The van der Waals surface area contributed by atoms with E-state index < -0.39 is 0 Å². The Kier molecular flexibility index (Phi) is 4.41. The molecule has 5 nitrogen and oxygen atoms in total. The average Bonchev–Trinajstić information content (AvgIpc) is 2.70. The summed E-state index contributed by atoms with van der Waals surface area (Å²) in [6.45, 7) is 0. The van der Waals surface area contributed by atoms with Gasteiger partial charge in [-0.1, -0.05) is 24.3 Å². The highest BCUT2D eigenvalue weighted by molar-refractivity contribution is 9.10. The highest BCUT2D eigenvalue weighted by Crippen LogP contribution is 2.23. The lowest BCUT2D eigenvalue weighted by molar-refractivity contribution is 0.809. The van der Waals surface area contributed by atoms with Crippen molar-refractivity contribution in [1.82, 2.24) is 19.7 Å². The van der Waals surface area contributed by atoms with Crippen molar-refractivity contribution >= 4 is 15.9 Å². The number of para-hydroxylation sites is 1. The van der Waals surface area contributed by atoms with Gasteiger partial charge in [-0.15, -0.1) is 0 Å². The molecule has 0 aliphatic heterocycles. The van der Waals surface area contributed by atoms with Gasteiger partial charge in [-0.25, -0.2) is 0 Å². The van der Waals surface area contributed by atoms with E-state index in [2.05, 4.69) is 31.0 Å². The van der Waals surface area contributed by atoms with Gasteiger partial charge in [0, 0.05) is 28.6 Å². The third-order valence-corrected chi connectivity index (χ3v) is 4.56. The van der Waals surface area contributed by atoms with Crippen LogP contribution in [0, 0.1) is 0 Å². The fourth-order valence-corrected chi connectivity index (χ4v) is 3.10. The molecule has 3 heterocycles. The number of aromatic nitrogens is 4. The Bertz CT molecular complexity index is 1110. The van der Waals surface area contributed by atoms with Gasteiger partial charge in [-0.05, 0) is 52.3 Å². The molecule has 0 aliphatic rings. The molecule has 4 aromatic rings. The molecule has 1 aromatic carbocycles. The van der Waals surface area contributed by atoms with E-state index in [1.54, 1.807) is 30.7 Å². The first-order valence-electron chi connectivity index (χ1n) is 7.95. The van der Waals surface area contributed by atoms with E-state index in [1.165, 1.54) is 4.68 Å². The van der Waals surface area contributed by atoms with Gasteiger partial charge in [-0.3, -0.25) is 14.8 Å². The fourth-order valence-electron chi connectivity index (χ4n) is 2.65. The molecule has 0 bridgehead atoms. The minimum atomic E-state index is -0.218.